The van der Waals surface area contributed by atoms with Gasteiger partial charge in [0.05, 0.1) is 5.69 Å². The minimum atomic E-state index is -2.99. The first-order valence-corrected chi connectivity index (χ1v) is 6.21. The third kappa shape index (κ3) is 6.07. The van der Waals surface area contributed by atoms with Crippen molar-refractivity contribution in [2.24, 2.45) is 0 Å². The number of amides is 2. The minimum absolute atomic E-state index is 0.0651. The van der Waals surface area contributed by atoms with E-state index in [1.54, 1.807) is 13.0 Å². The Balaban J connectivity index is 2.60. The Labute approximate surface area is 120 Å². The fourth-order valence-corrected chi connectivity index (χ4v) is 1.59. The average molecular weight is 302 g/mol. The van der Waals surface area contributed by atoms with Crippen LogP contribution in [0.1, 0.15) is 18.4 Å². The van der Waals surface area contributed by atoms with Gasteiger partial charge in [-0.2, -0.15) is 8.78 Å². The molecule has 1 aromatic carbocycles. The summed E-state index contributed by atoms with van der Waals surface area (Å²) in [5.74, 6) is -1.09. The molecule has 0 fully saturated rings. The summed E-state index contributed by atoms with van der Waals surface area (Å²) in [5, 5.41) is 13.3. The predicted octanol–water partition coefficient (Wildman–Crippen LogP) is 2.58. The van der Waals surface area contributed by atoms with E-state index in [4.69, 9.17) is 5.11 Å². The molecular formula is C13H16F2N2O4. The molecule has 0 saturated heterocycles. The smallest absolute Gasteiger partial charge is 0.387 e. The third-order valence-electron chi connectivity index (χ3n) is 2.54. The maximum Gasteiger partial charge on any atom is 0.387 e. The Morgan fingerprint density at radius 1 is 1.38 bits per heavy atom. The van der Waals surface area contributed by atoms with Crippen LogP contribution in [0.4, 0.5) is 19.3 Å². The van der Waals surface area contributed by atoms with Gasteiger partial charge in [-0.1, -0.05) is 12.1 Å². The van der Waals surface area contributed by atoms with Crippen molar-refractivity contribution in [3.8, 4) is 5.75 Å². The monoisotopic (exact) mass is 302 g/mol. The molecule has 0 unspecified atom stereocenters. The third-order valence-corrected chi connectivity index (χ3v) is 2.54. The van der Waals surface area contributed by atoms with E-state index in [0.29, 0.717) is 5.56 Å². The molecule has 0 aliphatic rings. The number of ether oxygens (including phenoxy) is 1. The highest BCUT2D eigenvalue weighted by molar-refractivity contribution is 5.91. The zero-order chi connectivity index (χ0) is 15.8. The van der Waals surface area contributed by atoms with Crippen molar-refractivity contribution in [1.29, 1.82) is 0 Å². The van der Waals surface area contributed by atoms with E-state index in [1.165, 1.54) is 12.1 Å². The molecular weight excluding hydrogens is 286 g/mol. The molecule has 0 saturated carbocycles. The van der Waals surface area contributed by atoms with E-state index in [9.17, 15) is 18.4 Å². The molecule has 6 nitrogen and oxygen atoms in total. The quantitative estimate of drug-likeness (QED) is 0.676. The molecule has 0 atom stereocenters. The lowest BCUT2D eigenvalue weighted by Gasteiger charge is -2.14. The molecule has 1 rings (SSSR count). The summed E-state index contributed by atoms with van der Waals surface area (Å²) in [7, 11) is 0. The lowest BCUT2D eigenvalue weighted by molar-refractivity contribution is -0.137. The zero-order valence-electron chi connectivity index (χ0n) is 11.4. The maximum absolute atomic E-state index is 12.3. The summed E-state index contributed by atoms with van der Waals surface area (Å²) < 4.78 is 28.9. The van der Waals surface area contributed by atoms with E-state index >= 15 is 0 Å². The van der Waals surface area contributed by atoms with E-state index in [0.717, 1.165) is 0 Å². The molecule has 0 spiro atoms. The van der Waals surface area contributed by atoms with Gasteiger partial charge in [0, 0.05) is 13.0 Å². The number of urea groups is 1. The first kappa shape index (κ1) is 16.7. The number of carboxylic acid groups (broad SMARTS) is 1. The highest BCUT2D eigenvalue weighted by Gasteiger charge is 2.13. The number of hydrogen-bond acceptors (Lipinski definition) is 3. The SMILES string of the molecule is Cc1cccc(OC(F)F)c1NC(=O)NCCCC(=O)O. The molecule has 0 bridgehead atoms. The number of para-hydroxylation sites is 1. The van der Waals surface area contributed by atoms with Crippen molar-refractivity contribution >= 4 is 17.7 Å². The van der Waals surface area contributed by atoms with Crippen molar-refractivity contribution in [2.45, 2.75) is 26.4 Å². The van der Waals surface area contributed by atoms with Gasteiger partial charge in [-0.05, 0) is 25.0 Å². The Morgan fingerprint density at radius 3 is 2.71 bits per heavy atom. The van der Waals surface area contributed by atoms with E-state index in [1.807, 2.05) is 0 Å². The zero-order valence-corrected chi connectivity index (χ0v) is 11.4. The van der Waals surface area contributed by atoms with Gasteiger partial charge >= 0.3 is 18.6 Å². The topological polar surface area (TPSA) is 87.7 Å². The fourth-order valence-electron chi connectivity index (χ4n) is 1.59. The van der Waals surface area contributed by atoms with E-state index < -0.39 is 18.6 Å². The van der Waals surface area contributed by atoms with Crippen LogP contribution in [0, 0.1) is 6.92 Å². The van der Waals surface area contributed by atoms with Gasteiger partial charge in [0.1, 0.15) is 5.75 Å². The Hall–Kier alpha value is -2.38. The number of carboxylic acids is 1. The van der Waals surface area contributed by atoms with Crippen molar-refractivity contribution < 1.29 is 28.2 Å². The summed E-state index contributed by atoms with van der Waals surface area (Å²) in [6, 6.07) is 3.87. The van der Waals surface area contributed by atoms with Crippen LogP contribution in [0.15, 0.2) is 18.2 Å². The molecule has 0 heterocycles. The van der Waals surface area contributed by atoms with Crippen LogP contribution in [0.2, 0.25) is 0 Å². The molecule has 0 aliphatic heterocycles. The second-order valence-electron chi connectivity index (χ2n) is 4.20. The molecule has 8 heteroatoms. The van der Waals surface area contributed by atoms with Gasteiger partial charge in [-0.3, -0.25) is 4.79 Å². The Morgan fingerprint density at radius 2 is 2.10 bits per heavy atom. The summed E-state index contributed by atoms with van der Waals surface area (Å²) >= 11 is 0. The average Bonchev–Trinajstić information content (AvgIpc) is 2.38. The molecule has 2 amide bonds. The largest absolute Gasteiger partial charge is 0.481 e. The van der Waals surface area contributed by atoms with Crippen molar-refractivity contribution in [1.82, 2.24) is 5.32 Å². The predicted molar refractivity (Wildman–Crippen MR) is 71.7 cm³/mol. The molecule has 0 radical (unpaired) electrons. The number of aliphatic carboxylic acids is 1. The first-order valence-electron chi connectivity index (χ1n) is 6.21. The van der Waals surface area contributed by atoms with Crippen LogP contribution in [0.3, 0.4) is 0 Å². The van der Waals surface area contributed by atoms with Crippen LogP contribution in [0.25, 0.3) is 0 Å². The number of carbonyl (C=O) groups excluding carboxylic acids is 1. The number of benzene rings is 1. The number of carbonyl (C=O) groups is 2. The van der Waals surface area contributed by atoms with E-state index in [-0.39, 0.29) is 30.8 Å². The summed E-state index contributed by atoms with van der Waals surface area (Å²) in [6.45, 7) is -1.20. The number of anilines is 1. The van der Waals surface area contributed by atoms with Crippen LogP contribution < -0.4 is 15.4 Å². The second kappa shape index (κ2) is 8.03. The van der Waals surface area contributed by atoms with Crippen molar-refractivity contribution in [2.75, 3.05) is 11.9 Å². The Kier molecular flexibility index (Phi) is 6.38. The van der Waals surface area contributed by atoms with Gasteiger partial charge < -0.3 is 20.5 Å². The lowest BCUT2D eigenvalue weighted by Crippen LogP contribution is -2.30. The highest BCUT2D eigenvalue weighted by atomic mass is 19.3. The van der Waals surface area contributed by atoms with Crippen molar-refractivity contribution in [3.63, 3.8) is 0 Å². The number of halogens is 2. The number of rotatable bonds is 7. The fraction of sp³-hybridized carbons (Fsp3) is 0.385. The number of hydrogen-bond donors (Lipinski definition) is 3. The second-order valence-corrected chi connectivity index (χ2v) is 4.20. The molecule has 0 aromatic heterocycles. The van der Waals surface area contributed by atoms with Crippen LogP contribution in [0.5, 0.6) is 5.75 Å². The van der Waals surface area contributed by atoms with Gasteiger partial charge in [-0.15, -0.1) is 0 Å². The van der Waals surface area contributed by atoms with Crippen LogP contribution >= 0.6 is 0 Å². The minimum Gasteiger partial charge on any atom is -0.481 e. The number of alkyl halides is 2. The molecule has 1 aromatic rings. The van der Waals surface area contributed by atoms with Gasteiger partial charge in [0.15, 0.2) is 0 Å². The highest BCUT2D eigenvalue weighted by Crippen LogP contribution is 2.29. The summed E-state index contributed by atoms with van der Waals surface area (Å²) in [6.07, 6.45) is 0.210. The summed E-state index contributed by atoms with van der Waals surface area (Å²) in [5.41, 5.74) is 0.711. The molecule has 0 aliphatic carbocycles. The number of nitrogens with one attached hydrogen (secondary N) is 2. The van der Waals surface area contributed by atoms with Gasteiger partial charge in [-0.25, -0.2) is 4.79 Å². The van der Waals surface area contributed by atoms with Crippen LogP contribution in [-0.2, 0) is 4.79 Å². The Bertz CT molecular complexity index is 509. The van der Waals surface area contributed by atoms with Gasteiger partial charge in [0.25, 0.3) is 0 Å². The normalized spacial score (nSPS) is 10.3. The molecule has 3 N–H and O–H groups in total. The number of aryl methyl sites for hydroxylation is 1. The van der Waals surface area contributed by atoms with Gasteiger partial charge in [0.2, 0.25) is 0 Å². The molecule has 21 heavy (non-hydrogen) atoms. The molecule has 116 valence electrons. The lowest BCUT2D eigenvalue weighted by atomic mass is 10.2. The first-order chi connectivity index (χ1) is 9.90. The summed E-state index contributed by atoms with van der Waals surface area (Å²) in [4.78, 5) is 21.9. The standard InChI is InChI=1S/C13H16F2N2O4/c1-8-4-2-5-9(21-12(14)15)11(8)17-13(20)16-7-3-6-10(18)19/h2,4-5,12H,3,6-7H2,1H3,(H,18,19)(H2,16,17,20). The van der Waals surface area contributed by atoms with E-state index in [2.05, 4.69) is 15.4 Å². The van der Waals surface area contributed by atoms with Crippen molar-refractivity contribution in [3.05, 3.63) is 23.8 Å². The van der Waals surface area contributed by atoms with Crippen LogP contribution in [-0.4, -0.2) is 30.3 Å². The maximum atomic E-state index is 12.3.